The Labute approximate surface area is 170 Å². The average molecular weight is 499 g/mol. The highest BCUT2D eigenvalue weighted by atomic mass is 127. The Morgan fingerprint density at radius 1 is 1.23 bits per heavy atom. The van der Waals surface area contributed by atoms with Crippen molar-refractivity contribution in [2.24, 2.45) is 0 Å². The topological polar surface area (TPSA) is 73.8 Å². The Morgan fingerprint density at radius 3 is 2.81 bits per heavy atom. The summed E-state index contributed by atoms with van der Waals surface area (Å²) in [6.45, 7) is 1.83. The molecule has 0 unspecified atom stereocenters. The summed E-state index contributed by atoms with van der Waals surface area (Å²) in [6, 6.07) is 8.47. The quantitative estimate of drug-likeness (QED) is 0.376. The van der Waals surface area contributed by atoms with Gasteiger partial charge in [0.2, 0.25) is 5.89 Å². The molecule has 26 heavy (non-hydrogen) atoms. The molecule has 9 heteroatoms. The first kappa shape index (κ1) is 17.4. The third-order valence-electron chi connectivity index (χ3n) is 3.73. The second-order valence-corrected chi connectivity index (χ2v) is 7.45. The standard InChI is InChI=1S/C17H9Cl2IN4O2/c1-8-5-9(18)6-10-14(8)22-16(26-17(10)25)12-7-13(20)23-24(12)15-11(19)3-2-4-21-15/h2-7H,1H3. The molecule has 0 aliphatic carbocycles. The molecule has 130 valence electrons. The summed E-state index contributed by atoms with van der Waals surface area (Å²) in [5, 5.41) is 5.60. The van der Waals surface area contributed by atoms with Crippen LogP contribution in [0.2, 0.25) is 10.0 Å². The number of hydrogen-bond acceptors (Lipinski definition) is 5. The van der Waals surface area contributed by atoms with Gasteiger partial charge in [-0.2, -0.15) is 5.10 Å². The van der Waals surface area contributed by atoms with Gasteiger partial charge in [0.1, 0.15) is 9.39 Å². The summed E-state index contributed by atoms with van der Waals surface area (Å²) in [5.74, 6) is 0.550. The Bertz CT molecular complexity index is 1220. The molecule has 0 atom stereocenters. The lowest BCUT2D eigenvalue weighted by atomic mass is 10.1. The number of fused-ring (bicyclic) bond motifs is 1. The Morgan fingerprint density at radius 2 is 2.04 bits per heavy atom. The summed E-state index contributed by atoms with van der Waals surface area (Å²) in [6.07, 6.45) is 1.61. The fourth-order valence-corrected chi connectivity index (χ4v) is 3.60. The molecule has 0 aliphatic rings. The molecule has 0 fully saturated rings. The maximum atomic E-state index is 12.5. The zero-order valence-corrected chi connectivity index (χ0v) is 16.9. The predicted octanol–water partition coefficient (Wildman–Crippen LogP) is 4.66. The number of hydrogen-bond donors (Lipinski definition) is 0. The van der Waals surface area contributed by atoms with Gasteiger partial charge in [-0.3, -0.25) is 0 Å². The van der Waals surface area contributed by atoms with E-state index in [0.717, 1.165) is 5.56 Å². The predicted molar refractivity (Wildman–Crippen MR) is 108 cm³/mol. The van der Waals surface area contributed by atoms with Crippen LogP contribution in [-0.2, 0) is 0 Å². The summed E-state index contributed by atoms with van der Waals surface area (Å²) in [4.78, 5) is 21.2. The van der Waals surface area contributed by atoms with Crippen molar-refractivity contribution in [3.8, 4) is 17.4 Å². The number of halogens is 3. The van der Waals surface area contributed by atoms with Gasteiger partial charge in [0, 0.05) is 17.3 Å². The fourth-order valence-electron chi connectivity index (χ4n) is 2.62. The zero-order chi connectivity index (χ0) is 18.4. The van der Waals surface area contributed by atoms with Crippen LogP contribution in [0.5, 0.6) is 0 Å². The minimum absolute atomic E-state index is 0.130. The molecule has 4 rings (SSSR count). The van der Waals surface area contributed by atoms with Gasteiger partial charge in [0.15, 0.2) is 5.82 Å². The highest BCUT2D eigenvalue weighted by molar-refractivity contribution is 14.1. The van der Waals surface area contributed by atoms with E-state index in [1.807, 2.05) is 6.92 Å². The molecule has 6 nitrogen and oxygen atoms in total. The van der Waals surface area contributed by atoms with Crippen molar-refractivity contribution in [2.45, 2.75) is 6.92 Å². The van der Waals surface area contributed by atoms with Crippen LogP contribution in [0.25, 0.3) is 28.3 Å². The van der Waals surface area contributed by atoms with Gasteiger partial charge in [0.25, 0.3) is 0 Å². The van der Waals surface area contributed by atoms with Crippen LogP contribution in [0.4, 0.5) is 0 Å². The number of rotatable bonds is 2. The smallest absolute Gasteiger partial charge is 0.347 e. The van der Waals surface area contributed by atoms with Crippen molar-refractivity contribution in [3.05, 3.63) is 66.3 Å². The van der Waals surface area contributed by atoms with Crippen molar-refractivity contribution < 1.29 is 4.42 Å². The summed E-state index contributed by atoms with van der Waals surface area (Å²) < 4.78 is 7.63. The Kier molecular flexibility index (Phi) is 4.45. The van der Waals surface area contributed by atoms with Crippen LogP contribution in [-0.4, -0.2) is 19.7 Å². The highest BCUT2D eigenvalue weighted by Gasteiger charge is 2.19. The van der Waals surface area contributed by atoms with Gasteiger partial charge in [-0.15, -0.1) is 0 Å². The van der Waals surface area contributed by atoms with Gasteiger partial charge in [-0.1, -0.05) is 23.2 Å². The average Bonchev–Trinajstić information content (AvgIpc) is 2.97. The highest BCUT2D eigenvalue weighted by Crippen LogP contribution is 2.27. The van der Waals surface area contributed by atoms with Gasteiger partial charge in [0.05, 0.1) is 15.9 Å². The van der Waals surface area contributed by atoms with Crippen LogP contribution in [0, 0.1) is 10.6 Å². The summed E-state index contributed by atoms with van der Waals surface area (Å²) in [7, 11) is 0. The van der Waals surface area contributed by atoms with Gasteiger partial charge in [-0.05, 0) is 59.3 Å². The van der Waals surface area contributed by atoms with Crippen molar-refractivity contribution in [2.75, 3.05) is 0 Å². The Hall–Kier alpha value is -1.97. The number of benzene rings is 1. The summed E-state index contributed by atoms with van der Waals surface area (Å²) >= 11 is 14.3. The molecule has 0 radical (unpaired) electrons. The molecular weight excluding hydrogens is 490 g/mol. The third kappa shape index (κ3) is 3.00. The first-order valence-corrected chi connectivity index (χ1v) is 9.25. The van der Waals surface area contributed by atoms with Crippen LogP contribution in [0.15, 0.2) is 45.7 Å². The first-order chi connectivity index (χ1) is 12.4. The molecular formula is C17H9Cl2IN4O2. The van der Waals surface area contributed by atoms with E-state index in [1.165, 1.54) is 4.68 Å². The molecule has 3 heterocycles. The number of aromatic nitrogens is 4. The maximum absolute atomic E-state index is 12.5. The summed E-state index contributed by atoms with van der Waals surface area (Å²) in [5.41, 5.74) is 1.25. The van der Waals surface area contributed by atoms with E-state index in [-0.39, 0.29) is 5.89 Å². The Balaban J connectivity index is 2.01. The lowest BCUT2D eigenvalue weighted by Gasteiger charge is -2.08. The van der Waals surface area contributed by atoms with E-state index in [4.69, 9.17) is 27.6 Å². The SMILES string of the molecule is Cc1cc(Cl)cc2c(=O)oc(-c3cc(I)nn3-c3ncccc3Cl)nc12. The van der Waals surface area contributed by atoms with Crippen LogP contribution in [0.1, 0.15) is 5.56 Å². The van der Waals surface area contributed by atoms with Crippen LogP contribution < -0.4 is 5.63 Å². The van der Waals surface area contributed by atoms with Crippen LogP contribution in [0.3, 0.4) is 0 Å². The lowest BCUT2D eigenvalue weighted by molar-refractivity contribution is 0.513. The minimum Gasteiger partial charge on any atom is -0.401 e. The normalized spacial score (nSPS) is 11.2. The molecule has 0 saturated heterocycles. The number of aryl methyl sites for hydroxylation is 1. The van der Waals surface area contributed by atoms with Crippen molar-refractivity contribution in [3.63, 3.8) is 0 Å². The van der Waals surface area contributed by atoms with E-state index in [2.05, 4.69) is 37.7 Å². The number of pyridine rings is 1. The lowest BCUT2D eigenvalue weighted by Crippen LogP contribution is -2.08. The molecule has 1 aromatic carbocycles. The molecule has 0 aliphatic heterocycles. The monoisotopic (exact) mass is 498 g/mol. The molecule has 0 saturated carbocycles. The molecule has 0 N–H and O–H groups in total. The van der Waals surface area contributed by atoms with E-state index in [9.17, 15) is 4.79 Å². The fraction of sp³-hybridized carbons (Fsp3) is 0.0588. The van der Waals surface area contributed by atoms with Crippen molar-refractivity contribution in [1.82, 2.24) is 19.7 Å². The molecule has 0 spiro atoms. The van der Waals surface area contributed by atoms with Crippen molar-refractivity contribution in [1.29, 1.82) is 0 Å². The zero-order valence-electron chi connectivity index (χ0n) is 13.2. The van der Waals surface area contributed by atoms with Gasteiger partial charge < -0.3 is 4.42 Å². The second kappa shape index (κ2) is 6.64. The van der Waals surface area contributed by atoms with E-state index in [1.54, 1.807) is 36.5 Å². The van der Waals surface area contributed by atoms with Crippen LogP contribution >= 0.6 is 45.8 Å². The molecule has 4 aromatic rings. The third-order valence-corrected chi connectivity index (χ3v) is 4.77. The number of nitrogens with zero attached hydrogens (tertiary/aromatic N) is 4. The maximum Gasteiger partial charge on any atom is 0.347 e. The first-order valence-electron chi connectivity index (χ1n) is 7.42. The molecule has 3 aromatic heterocycles. The van der Waals surface area contributed by atoms with Crippen molar-refractivity contribution >= 4 is 56.7 Å². The van der Waals surface area contributed by atoms with Gasteiger partial charge >= 0.3 is 5.63 Å². The largest absolute Gasteiger partial charge is 0.401 e. The van der Waals surface area contributed by atoms with E-state index < -0.39 is 5.63 Å². The molecule has 0 bridgehead atoms. The van der Waals surface area contributed by atoms with E-state index >= 15 is 0 Å². The molecule has 0 amide bonds. The second-order valence-electron chi connectivity index (χ2n) is 5.50. The minimum atomic E-state index is -0.523. The van der Waals surface area contributed by atoms with Gasteiger partial charge in [-0.25, -0.2) is 19.4 Å². The van der Waals surface area contributed by atoms with E-state index in [0.29, 0.717) is 36.2 Å².